The van der Waals surface area contributed by atoms with Crippen LogP contribution in [0.15, 0.2) is 200 Å². The van der Waals surface area contributed by atoms with Gasteiger partial charge in [0, 0.05) is 22.2 Å². The number of hydrogen-bond acceptors (Lipinski definition) is 1. The highest BCUT2D eigenvalue weighted by atomic mass is 15.1. The molecule has 0 bridgehead atoms. The lowest BCUT2D eigenvalue weighted by atomic mass is 9.82. The average molecular weight is 714 g/mol. The molecule has 0 spiro atoms. The maximum Gasteiger partial charge on any atom is 0.0543 e. The van der Waals surface area contributed by atoms with Gasteiger partial charge in [-0.3, -0.25) is 0 Å². The predicted octanol–water partition coefficient (Wildman–Crippen LogP) is 15.4. The maximum atomic E-state index is 2.50. The molecule has 0 radical (unpaired) electrons. The molecule has 1 heteroatoms. The van der Waals surface area contributed by atoms with Gasteiger partial charge in [-0.1, -0.05) is 184 Å². The molecular weight excluding hydrogens is 675 g/mol. The van der Waals surface area contributed by atoms with Gasteiger partial charge in [0.1, 0.15) is 0 Å². The van der Waals surface area contributed by atoms with E-state index >= 15 is 0 Å². The molecule has 0 N–H and O–H groups in total. The Morgan fingerprint density at radius 2 is 0.911 bits per heavy atom. The van der Waals surface area contributed by atoms with Crippen LogP contribution in [0.2, 0.25) is 0 Å². The summed E-state index contributed by atoms with van der Waals surface area (Å²) in [7, 11) is 0. The molecule has 0 aromatic heterocycles. The lowest BCUT2D eigenvalue weighted by Crippen LogP contribution is -2.16. The largest absolute Gasteiger partial charge is 0.309 e. The van der Waals surface area contributed by atoms with E-state index in [-0.39, 0.29) is 5.41 Å². The number of nitrogens with zero attached hydrogens (tertiary/aromatic N) is 1. The van der Waals surface area contributed by atoms with Gasteiger partial charge in [0.05, 0.1) is 11.4 Å². The van der Waals surface area contributed by atoms with Crippen LogP contribution in [0.5, 0.6) is 0 Å². The fourth-order valence-electron chi connectivity index (χ4n) is 9.59. The van der Waals surface area contributed by atoms with Gasteiger partial charge in [0.2, 0.25) is 0 Å². The van der Waals surface area contributed by atoms with Crippen molar-refractivity contribution < 1.29 is 0 Å². The summed E-state index contributed by atoms with van der Waals surface area (Å²) in [6.45, 7) is 4.72. The molecule has 10 aromatic carbocycles. The Labute approximate surface area is 327 Å². The number of fused-ring (bicyclic) bond motifs is 9. The van der Waals surface area contributed by atoms with Gasteiger partial charge in [0.25, 0.3) is 0 Å². The van der Waals surface area contributed by atoms with Crippen LogP contribution >= 0.6 is 0 Å². The quantitative estimate of drug-likeness (QED) is 0.161. The molecule has 56 heavy (non-hydrogen) atoms. The summed E-state index contributed by atoms with van der Waals surface area (Å²) in [4.78, 5) is 2.50. The predicted molar refractivity (Wildman–Crippen MR) is 240 cm³/mol. The van der Waals surface area contributed by atoms with Gasteiger partial charge in [-0.25, -0.2) is 0 Å². The van der Waals surface area contributed by atoms with Gasteiger partial charge < -0.3 is 4.90 Å². The molecule has 0 aliphatic heterocycles. The molecule has 1 aliphatic rings. The van der Waals surface area contributed by atoms with Gasteiger partial charge in [0.15, 0.2) is 0 Å². The summed E-state index contributed by atoms with van der Waals surface area (Å²) in [6.07, 6.45) is 0. The van der Waals surface area contributed by atoms with Gasteiger partial charge in [-0.2, -0.15) is 0 Å². The first-order valence-corrected chi connectivity index (χ1v) is 19.6. The van der Waals surface area contributed by atoms with E-state index in [1.54, 1.807) is 0 Å². The van der Waals surface area contributed by atoms with Crippen molar-refractivity contribution in [3.8, 4) is 33.4 Å². The van der Waals surface area contributed by atoms with Crippen molar-refractivity contribution in [3.05, 3.63) is 211 Å². The Morgan fingerprint density at radius 1 is 0.357 bits per heavy atom. The third-order valence-electron chi connectivity index (χ3n) is 12.2. The molecule has 10 aromatic rings. The molecule has 0 heterocycles. The van der Waals surface area contributed by atoms with Crippen LogP contribution in [-0.4, -0.2) is 0 Å². The van der Waals surface area contributed by atoms with Crippen molar-refractivity contribution in [1.29, 1.82) is 0 Å². The molecule has 0 saturated carbocycles. The third-order valence-corrected chi connectivity index (χ3v) is 12.2. The molecule has 1 aliphatic carbocycles. The number of benzene rings is 10. The summed E-state index contributed by atoms with van der Waals surface area (Å²) in [5.41, 5.74) is 13.5. The van der Waals surface area contributed by atoms with E-state index in [2.05, 4.69) is 219 Å². The molecule has 0 atom stereocenters. The van der Waals surface area contributed by atoms with E-state index in [4.69, 9.17) is 0 Å². The standard InChI is InChI=1S/C55H39N/c1-55(2)49-25-11-9-23-47(49)54-50(55)26-14-28-52(54)56(51-27-12-10-21-45(51)43-24-13-17-36-15-3-5-18-41(36)43)40-33-31-38(32-34-40)48-35-39-30-29-37-16-4-6-19-42(37)53(39)46-22-8-7-20-44(46)48/h3-35H,1-2H3. The van der Waals surface area contributed by atoms with E-state index in [0.29, 0.717) is 0 Å². The molecule has 11 rings (SSSR count). The Hall–Kier alpha value is -6.96. The third kappa shape index (κ3) is 4.87. The van der Waals surface area contributed by atoms with Crippen LogP contribution in [0.25, 0.3) is 76.5 Å². The van der Waals surface area contributed by atoms with Crippen LogP contribution in [0.3, 0.4) is 0 Å². The second-order valence-electron chi connectivity index (χ2n) is 15.7. The Kier molecular flexibility index (Phi) is 7.28. The van der Waals surface area contributed by atoms with Gasteiger partial charge in [-0.05, 0) is 107 Å². The van der Waals surface area contributed by atoms with Gasteiger partial charge >= 0.3 is 0 Å². The lowest BCUT2D eigenvalue weighted by molar-refractivity contribution is 0.660. The van der Waals surface area contributed by atoms with Crippen LogP contribution in [0.1, 0.15) is 25.0 Å². The van der Waals surface area contributed by atoms with E-state index in [0.717, 1.165) is 11.4 Å². The fraction of sp³-hybridized carbons (Fsp3) is 0.0545. The van der Waals surface area contributed by atoms with Crippen LogP contribution in [0, 0.1) is 0 Å². The first-order chi connectivity index (χ1) is 27.6. The zero-order chi connectivity index (χ0) is 37.4. The van der Waals surface area contributed by atoms with Gasteiger partial charge in [-0.15, -0.1) is 0 Å². The van der Waals surface area contributed by atoms with Crippen molar-refractivity contribution in [2.45, 2.75) is 19.3 Å². The van der Waals surface area contributed by atoms with E-state index in [1.807, 2.05) is 0 Å². The number of para-hydroxylation sites is 1. The van der Waals surface area contributed by atoms with E-state index in [9.17, 15) is 0 Å². The normalized spacial score (nSPS) is 13.0. The second kappa shape index (κ2) is 12.5. The number of hydrogen-bond donors (Lipinski definition) is 0. The first-order valence-electron chi connectivity index (χ1n) is 19.6. The van der Waals surface area contributed by atoms with Crippen molar-refractivity contribution >= 4 is 60.2 Å². The summed E-state index contributed by atoms with van der Waals surface area (Å²) < 4.78 is 0. The smallest absolute Gasteiger partial charge is 0.0543 e. The molecule has 1 nitrogen and oxygen atoms in total. The Bertz CT molecular complexity index is 3160. The fourth-order valence-corrected chi connectivity index (χ4v) is 9.59. The van der Waals surface area contributed by atoms with E-state index < -0.39 is 0 Å². The summed E-state index contributed by atoms with van der Waals surface area (Å²) >= 11 is 0. The SMILES string of the molecule is CC1(C)c2ccccc2-c2c(N(c3ccc(-c4cc5ccc6ccccc6c5c5ccccc45)cc3)c3ccccc3-c3cccc4ccccc34)cccc21. The second-order valence-corrected chi connectivity index (χ2v) is 15.7. The van der Waals surface area contributed by atoms with Crippen molar-refractivity contribution in [1.82, 2.24) is 0 Å². The minimum absolute atomic E-state index is 0.116. The van der Waals surface area contributed by atoms with Crippen molar-refractivity contribution in [3.63, 3.8) is 0 Å². The molecular formula is C55H39N. The Morgan fingerprint density at radius 3 is 1.73 bits per heavy atom. The maximum absolute atomic E-state index is 2.50. The minimum Gasteiger partial charge on any atom is -0.309 e. The topological polar surface area (TPSA) is 3.24 Å². The molecule has 0 fully saturated rings. The van der Waals surface area contributed by atoms with Crippen molar-refractivity contribution in [2.75, 3.05) is 4.90 Å². The lowest BCUT2D eigenvalue weighted by Gasteiger charge is -2.31. The molecule has 0 saturated heterocycles. The number of anilines is 3. The van der Waals surface area contributed by atoms with E-state index in [1.165, 1.54) is 93.3 Å². The highest BCUT2D eigenvalue weighted by molar-refractivity contribution is 6.23. The van der Waals surface area contributed by atoms with Crippen LogP contribution in [-0.2, 0) is 5.41 Å². The number of rotatable bonds is 5. The Balaban J connectivity index is 1.14. The summed E-state index contributed by atoms with van der Waals surface area (Å²) in [6, 6.07) is 74.0. The molecule has 264 valence electrons. The average Bonchev–Trinajstić information content (AvgIpc) is 3.50. The zero-order valence-electron chi connectivity index (χ0n) is 31.5. The first kappa shape index (κ1) is 32.5. The molecule has 0 unspecified atom stereocenters. The monoisotopic (exact) mass is 713 g/mol. The van der Waals surface area contributed by atoms with Crippen molar-refractivity contribution in [2.24, 2.45) is 0 Å². The highest BCUT2D eigenvalue weighted by Crippen LogP contribution is 2.55. The highest BCUT2D eigenvalue weighted by Gasteiger charge is 2.38. The summed E-state index contributed by atoms with van der Waals surface area (Å²) in [5, 5.41) is 10.2. The minimum atomic E-state index is -0.116. The van der Waals surface area contributed by atoms with Crippen LogP contribution < -0.4 is 4.90 Å². The van der Waals surface area contributed by atoms with Crippen LogP contribution in [0.4, 0.5) is 17.1 Å². The zero-order valence-corrected chi connectivity index (χ0v) is 31.5. The molecule has 0 amide bonds. The summed E-state index contributed by atoms with van der Waals surface area (Å²) in [5.74, 6) is 0.